The minimum Gasteiger partial charge on any atom is -0.243 e. The van der Waals surface area contributed by atoms with Crippen molar-refractivity contribution in [2.24, 2.45) is 0 Å². The van der Waals surface area contributed by atoms with Gasteiger partial charge in [-0.15, -0.1) is 0 Å². The predicted molar refractivity (Wildman–Crippen MR) is 48.8 cm³/mol. The van der Waals surface area contributed by atoms with Crippen LogP contribution >= 0.6 is 11.3 Å². The van der Waals surface area contributed by atoms with Crippen molar-refractivity contribution >= 4 is 21.7 Å². The lowest BCUT2D eigenvalue weighted by molar-refractivity contribution is 1.21. The number of hydrogen-bond acceptors (Lipinski definition) is 3. The second kappa shape index (κ2) is 2.83. The fraction of sp³-hybridized carbons (Fsp3) is 0.111. The van der Waals surface area contributed by atoms with Crippen molar-refractivity contribution in [3.8, 4) is 0 Å². The normalized spacial score (nSPS) is 10.8. The molecule has 2 nitrogen and oxygen atoms in total. The minimum absolute atomic E-state index is 0.459. The van der Waals surface area contributed by atoms with Crippen LogP contribution in [0.5, 0.6) is 0 Å². The minimum atomic E-state index is 0.459. The number of hydrogen-bond donors (Lipinski definition) is 0. The molecule has 0 saturated carbocycles. The quantitative estimate of drug-likeness (QED) is 0.660. The van der Waals surface area contributed by atoms with E-state index in [9.17, 15) is 0 Å². The molecule has 58 valence electrons. The lowest BCUT2D eigenvalue weighted by Gasteiger charge is -1.87. The number of fused-ring (bicyclic) bond motifs is 1. The molecule has 0 aliphatic rings. The van der Waals surface area contributed by atoms with Gasteiger partial charge in [-0.1, -0.05) is 11.3 Å². The van der Waals surface area contributed by atoms with Gasteiger partial charge in [0.1, 0.15) is 10.3 Å². The molecule has 3 heteroatoms. The molecule has 4 radical (unpaired) electrons. The average molecular weight is 174 g/mol. The first-order valence-electron chi connectivity index (χ1n) is 3.50. The summed E-state index contributed by atoms with van der Waals surface area (Å²) in [5, 5.41) is 0.892. The highest BCUT2D eigenvalue weighted by molar-refractivity contribution is 7.18. The second-order valence-electron chi connectivity index (χ2n) is 2.40. The Morgan fingerprint density at radius 3 is 3.08 bits per heavy atom. The summed E-state index contributed by atoms with van der Waals surface area (Å²) in [6.45, 7) is 11.0. The molecule has 0 atom stereocenters. The highest BCUT2D eigenvalue weighted by Crippen LogP contribution is 2.20. The van der Waals surface area contributed by atoms with Gasteiger partial charge < -0.3 is 0 Å². The van der Waals surface area contributed by atoms with Gasteiger partial charge in [-0.25, -0.2) is 9.97 Å². The molecule has 2 heterocycles. The number of thiazole rings is 1. The first-order chi connectivity index (χ1) is 5.79. The van der Waals surface area contributed by atoms with Gasteiger partial charge in [0.2, 0.25) is 0 Å². The van der Waals surface area contributed by atoms with Crippen LogP contribution in [0.15, 0.2) is 12.3 Å². The molecule has 2 aromatic rings. The summed E-state index contributed by atoms with van der Waals surface area (Å²) in [4.78, 5) is 9.26. The van der Waals surface area contributed by atoms with Crippen LogP contribution in [0.3, 0.4) is 0 Å². The second-order valence-corrected chi connectivity index (χ2v) is 3.47. The number of rotatable bonds is 1. The molecule has 12 heavy (non-hydrogen) atoms. The first-order valence-corrected chi connectivity index (χ1v) is 4.32. The maximum absolute atomic E-state index is 5.55. The van der Waals surface area contributed by atoms with Gasteiger partial charge in [0.05, 0.1) is 5.01 Å². The van der Waals surface area contributed by atoms with Crippen LogP contribution in [0.1, 0.15) is 10.6 Å². The van der Waals surface area contributed by atoms with Crippen molar-refractivity contribution in [3.63, 3.8) is 0 Å². The molecule has 0 aliphatic carbocycles. The summed E-state index contributed by atoms with van der Waals surface area (Å²) in [5.41, 5.74) is 1.47. The van der Waals surface area contributed by atoms with Crippen LogP contribution in [0.4, 0.5) is 0 Å². The van der Waals surface area contributed by atoms with Gasteiger partial charge >= 0.3 is 0 Å². The van der Waals surface area contributed by atoms with Crippen molar-refractivity contribution in [1.29, 1.82) is 0 Å². The molecule has 0 fully saturated rings. The Kier molecular flexibility index (Phi) is 1.81. The largest absolute Gasteiger partial charge is 0.243 e. The van der Waals surface area contributed by atoms with Crippen molar-refractivity contribution in [3.05, 3.63) is 36.7 Å². The summed E-state index contributed by atoms with van der Waals surface area (Å²) in [6.07, 6.45) is 2.09. The summed E-state index contributed by atoms with van der Waals surface area (Å²) < 4.78 is 0. The molecule has 0 spiro atoms. The topological polar surface area (TPSA) is 25.8 Å². The molecular formula is C9H6N2S. The first kappa shape index (κ1) is 7.68. The molecule has 0 amide bonds. The summed E-state index contributed by atoms with van der Waals surface area (Å²) >= 11 is 1.50. The summed E-state index contributed by atoms with van der Waals surface area (Å²) in [5.74, 6) is 0. The van der Waals surface area contributed by atoms with Crippen molar-refractivity contribution in [2.75, 3.05) is 0 Å². The Hall–Kier alpha value is -0.960. The molecule has 2 rings (SSSR count). The lowest BCUT2D eigenvalue weighted by atomic mass is 10.3. The Morgan fingerprint density at radius 2 is 2.33 bits per heavy atom. The van der Waals surface area contributed by atoms with Crippen LogP contribution in [0, 0.1) is 13.8 Å². The van der Waals surface area contributed by atoms with E-state index in [-0.39, 0.29) is 0 Å². The van der Waals surface area contributed by atoms with E-state index in [4.69, 9.17) is 13.8 Å². The number of pyridine rings is 1. The average Bonchev–Trinajstić information content (AvgIpc) is 2.46. The predicted octanol–water partition coefficient (Wildman–Crippen LogP) is 2.00. The van der Waals surface area contributed by atoms with E-state index in [1.165, 1.54) is 11.3 Å². The SMILES string of the molecule is [CH]Cc1nc2cc([CH])cnc2s1. The van der Waals surface area contributed by atoms with Crippen LogP contribution in [-0.4, -0.2) is 9.97 Å². The molecule has 0 unspecified atom stereocenters. The molecule has 2 aromatic heterocycles. The van der Waals surface area contributed by atoms with E-state index >= 15 is 0 Å². The maximum atomic E-state index is 5.55. The fourth-order valence-corrected chi connectivity index (χ4v) is 1.74. The van der Waals surface area contributed by atoms with Crippen molar-refractivity contribution in [1.82, 2.24) is 9.97 Å². The third-order valence-corrected chi connectivity index (χ3v) is 2.49. The van der Waals surface area contributed by atoms with E-state index in [2.05, 4.69) is 9.97 Å². The molecule has 0 N–H and O–H groups in total. The van der Waals surface area contributed by atoms with Gasteiger partial charge in [-0.2, -0.15) is 0 Å². The van der Waals surface area contributed by atoms with Crippen LogP contribution < -0.4 is 0 Å². The molecule has 0 aliphatic heterocycles. The van der Waals surface area contributed by atoms with Crippen LogP contribution in [0.25, 0.3) is 10.3 Å². The maximum Gasteiger partial charge on any atom is 0.143 e. The van der Waals surface area contributed by atoms with E-state index < -0.39 is 0 Å². The highest BCUT2D eigenvalue weighted by Gasteiger charge is 2.02. The van der Waals surface area contributed by atoms with Crippen LogP contribution in [0.2, 0.25) is 0 Å². The van der Waals surface area contributed by atoms with E-state index in [1.807, 2.05) is 0 Å². The third-order valence-electron chi connectivity index (χ3n) is 1.49. The number of nitrogens with zero attached hydrogens (tertiary/aromatic N) is 2. The van der Waals surface area contributed by atoms with E-state index in [0.29, 0.717) is 12.0 Å². The molecule has 0 bridgehead atoms. The molecule has 0 aromatic carbocycles. The van der Waals surface area contributed by atoms with E-state index in [1.54, 1.807) is 12.3 Å². The lowest BCUT2D eigenvalue weighted by Crippen LogP contribution is -1.77. The zero-order valence-corrected chi connectivity index (χ0v) is 7.14. The van der Waals surface area contributed by atoms with Gasteiger partial charge in [0.15, 0.2) is 0 Å². The van der Waals surface area contributed by atoms with Gasteiger partial charge in [0.25, 0.3) is 0 Å². The molecular weight excluding hydrogens is 168 g/mol. The van der Waals surface area contributed by atoms with E-state index in [0.717, 1.165) is 15.4 Å². The number of aromatic nitrogens is 2. The third kappa shape index (κ3) is 1.20. The Balaban J connectivity index is 2.67. The van der Waals surface area contributed by atoms with Crippen molar-refractivity contribution in [2.45, 2.75) is 6.42 Å². The standard InChI is InChI=1S/C9H6N2S/c1-3-8-11-7-4-6(2)5-10-9(7)12-8/h1-2,4-5H,3H2. The molecule has 0 saturated heterocycles. The summed E-state index contributed by atoms with van der Waals surface area (Å²) in [6, 6.07) is 1.80. The van der Waals surface area contributed by atoms with Gasteiger partial charge in [-0.3, -0.25) is 0 Å². The zero-order valence-electron chi connectivity index (χ0n) is 6.32. The fourth-order valence-electron chi connectivity index (χ4n) is 0.971. The smallest absolute Gasteiger partial charge is 0.143 e. The van der Waals surface area contributed by atoms with Gasteiger partial charge in [0, 0.05) is 19.5 Å². The van der Waals surface area contributed by atoms with Gasteiger partial charge in [-0.05, 0) is 18.6 Å². The Labute approximate surface area is 75.3 Å². The monoisotopic (exact) mass is 174 g/mol. The Morgan fingerprint density at radius 1 is 1.50 bits per heavy atom. The summed E-state index contributed by atoms with van der Waals surface area (Å²) in [7, 11) is 0. The van der Waals surface area contributed by atoms with Crippen molar-refractivity contribution < 1.29 is 0 Å². The highest BCUT2D eigenvalue weighted by atomic mass is 32.1. The Bertz CT molecular complexity index is 406. The van der Waals surface area contributed by atoms with Crippen LogP contribution in [-0.2, 0) is 6.42 Å². The zero-order chi connectivity index (χ0) is 8.55.